The summed E-state index contributed by atoms with van der Waals surface area (Å²) in [5, 5.41) is 10.1. The molecule has 0 amide bonds. The lowest BCUT2D eigenvalue weighted by Crippen LogP contribution is -2.52. The summed E-state index contributed by atoms with van der Waals surface area (Å²) in [6.45, 7) is 3.87. The van der Waals surface area contributed by atoms with E-state index >= 15 is 0 Å². The fourth-order valence-corrected chi connectivity index (χ4v) is 4.64. The first-order valence-corrected chi connectivity index (χ1v) is 10.6. The van der Waals surface area contributed by atoms with Crippen LogP contribution in [-0.2, 0) is 16.1 Å². The van der Waals surface area contributed by atoms with E-state index in [1.807, 2.05) is 13.8 Å². The summed E-state index contributed by atoms with van der Waals surface area (Å²) in [5.41, 5.74) is 1.18. The van der Waals surface area contributed by atoms with Crippen LogP contribution in [0.3, 0.4) is 0 Å². The minimum atomic E-state index is -2.81. The molecule has 1 heterocycles. The third-order valence-electron chi connectivity index (χ3n) is 6.46. The van der Waals surface area contributed by atoms with Crippen molar-refractivity contribution in [3.63, 3.8) is 0 Å². The normalized spacial score (nSPS) is 19.0. The molecule has 1 fully saturated rings. The largest absolute Gasteiger partial charge is 0.493 e. The van der Waals surface area contributed by atoms with Crippen LogP contribution in [0.1, 0.15) is 53.1 Å². The van der Waals surface area contributed by atoms with Gasteiger partial charge in [-0.25, -0.2) is 4.79 Å². The molecule has 1 aliphatic carbocycles. The van der Waals surface area contributed by atoms with Gasteiger partial charge in [0, 0.05) is 11.1 Å². The summed E-state index contributed by atoms with van der Waals surface area (Å²) in [6, 6.07) is 8.39. The molecule has 0 bridgehead atoms. The Labute approximate surface area is 191 Å². The van der Waals surface area contributed by atoms with E-state index in [1.54, 1.807) is 30.3 Å². The number of carboxylic acid groups (broad SMARTS) is 1. The highest BCUT2D eigenvalue weighted by Crippen LogP contribution is 2.51. The van der Waals surface area contributed by atoms with Gasteiger partial charge < -0.3 is 24.1 Å². The maximum atomic E-state index is 12.3. The van der Waals surface area contributed by atoms with Crippen molar-refractivity contribution in [2.24, 2.45) is 11.3 Å². The van der Waals surface area contributed by atoms with Gasteiger partial charge in [-0.1, -0.05) is 26.3 Å². The number of methoxy groups -OCH3 is 2. The molecule has 1 N–H and O–H groups in total. The first-order valence-electron chi connectivity index (χ1n) is 12.1. The van der Waals surface area contributed by atoms with Crippen LogP contribution in [0.2, 0.25) is 0 Å². The molecule has 1 saturated carbocycles. The topological polar surface area (TPSA) is 91.3 Å². The lowest BCUT2D eigenvalue weighted by Gasteiger charge is -2.45. The molecule has 1 atom stereocenters. The Morgan fingerprint density at radius 3 is 2.50 bits per heavy atom. The number of rotatable bonds is 8. The van der Waals surface area contributed by atoms with Gasteiger partial charge in [-0.05, 0) is 48.6 Å². The number of carbonyl (C=O) groups excluding carboxylic acids is 1. The second-order valence-corrected chi connectivity index (χ2v) is 8.62. The van der Waals surface area contributed by atoms with E-state index in [2.05, 4.69) is 0 Å². The van der Waals surface area contributed by atoms with Gasteiger partial charge in [0.2, 0.25) is 5.75 Å². The Hall–Kier alpha value is -3.22. The lowest BCUT2D eigenvalue weighted by molar-refractivity contribution is -0.166. The molecule has 7 nitrogen and oxygen atoms in total. The fourth-order valence-electron chi connectivity index (χ4n) is 4.64. The van der Waals surface area contributed by atoms with Crippen molar-refractivity contribution in [2.75, 3.05) is 14.1 Å². The van der Waals surface area contributed by atoms with Gasteiger partial charge in [-0.15, -0.1) is 0 Å². The van der Waals surface area contributed by atoms with Crippen molar-refractivity contribution in [1.29, 1.82) is 0 Å². The number of cyclic esters (lactones) is 1. The number of ether oxygens (including phenoxy) is 4. The van der Waals surface area contributed by atoms with Crippen molar-refractivity contribution in [1.82, 2.24) is 0 Å². The van der Waals surface area contributed by atoms with Gasteiger partial charge in [-0.3, -0.25) is 4.79 Å². The van der Waals surface area contributed by atoms with Crippen molar-refractivity contribution in [2.45, 2.75) is 45.8 Å². The zero-order chi connectivity index (χ0) is 25.5. The number of fused-ring (bicyclic) bond motifs is 1. The average molecular weight is 444 g/mol. The molecule has 32 heavy (non-hydrogen) atoms. The molecule has 7 heteroatoms. The number of benzene rings is 2. The summed E-state index contributed by atoms with van der Waals surface area (Å²) in [6.07, 6.45) is 0.926. The van der Waals surface area contributed by atoms with Crippen molar-refractivity contribution in [3.05, 3.63) is 41.5 Å². The van der Waals surface area contributed by atoms with Crippen LogP contribution in [0.25, 0.3) is 11.1 Å². The van der Waals surface area contributed by atoms with E-state index in [1.165, 1.54) is 7.11 Å². The van der Waals surface area contributed by atoms with Crippen LogP contribution in [0.15, 0.2) is 30.3 Å². The highest BCUT2D eigenvalue weighted by atomic mass is 16.5. The first kappa shape index (κ1) is 18.4. The Morgan fingerprint density at radius 1 is 1.16 bits per heavy atom. The van der Waals surface area contributed by atoms with Crippen molar-refractivity contribution >= 4 is 11.9 Å². The Morgan fingerprint density at radius 2 is 1.91 bits per heavy atom. The maximum absolute atomic E-state index is 12.3. The van der Waals surface area contributed by atoms with Gasteiger partial charge in [0.05, 0.1) is 23.8 Å². The summed E-state index contributed by atoms with van der Waals surface area (Å²) >= 11 is 0. The van der Waals surface area contributed by atoms with E-state index in [4.69, 9.17) is 23.1 Å². The number of esters is 1. The van der Waals surface area contributed by atoms with Gasteiger partial charge >= 0.3 is 11.9 Å². The highest BCUT2D eigenvalue weighted by Gasteiger charge is 2.53. The van der Waals surface area contributed by atoms with Crippen LogP contribution >= 0.6 is 0 Å². The second kappa shape index (κ2) is 8.37. The number of carboxylic acids is 1. The quantitative estimate of drug-likeness (QED) is 0.591. The SMILES string of the molecule is [2H]C([2H])([2H])Oc1c(OC)ccc(-c2ccc3c(c2)COC3=O)c1OC(C(C)C)C1(C(=O)O)CCC1. The van der Waals surface area contributed by atoms with Gasteiger partial charge in [0.15, 0.2) is 11.5 Å². The minimum absolute atomic E-state index is 0.0805. The first-order chi connectivity index (χ1) is 16.5. The van der Waals surface area contributed by atoms with Gasteiger partial charge in [0.25, 0.3) is 0 Å². The van der Waals surface area contributed by atoms with Crippen molar-refractivity contribution in [3.8, 4) is 28.4 Å². The summed E-state index contributed by atoms with van der Waals surface area (Å²) in [4.78, 5) is 24.2. The van der Waals surface area contributed by atoms with Crippen LogP contribution in [0.4, 0.5) is 0 Å². The third-order valence-corrected chi connectivity index (χ3v) is 6.46. The number of carbonyl (C=O) groups is 2. The molecule has 2 aliphatic rings. The van der Waals surface area contributed by atoms with Crippen LogP contribution in [0.5, 0.6) is 17.2 Å². The van der Waals surface area contributed by atoms with E-state index in [0.717, 1.165) is 6.42 Å². The van der Waals surface area contributed by atoms with Crippen LogP contribution in [-0.4, -0.2) is 37.3 Å². The monoisotopic (exact) mass is 443 g/mol. The van der Waals surface area contributed by atoms with E-state index in [9.17, 15) is 14.7 Å². The third kappa shape index (κ3) is 3.45. The summed E-state index contributed by atoms with van der Waals surface area (Å²) in [5.74, 6) is -1.46. The number of aliphatic carboxylic acids is 1. The predicted octanol–water partition coefficient (Wildman–Crippen LogP) is 4.70. The molecule has 1 unspecified atom stereocenters. The zero-order valence-corrected chi connectivity index (χ0v) is 18.3. The highest BCUT2D eigenvalue weighted by molar-refractivity contribution is 5.94. The molecule has 4 rings (SSSR count). The number of hydrogen-bond donors (Lipinski definition) is 1. The molecule has 170 valence electrons. The van der Waals surface area contributed by atoms with E-state index < -0.39 is 30.5 Å². The molecule has 2 aromatic rings. The van der Waals surface area contributed by atoms with Crippen LogP contribution in [0, 0.1) is 11.3 Å². The Kier molecular flexibility index (Phi) is 4.80. The molecule has 0 aromatic heterocycles. The summed E-state index contributed by atoms with van der Waals surface area (Å²) < 4.78 is 45.4. The fraction of sp³-hybridized carbons (Fsp3) is 0.440. The predicted molar refractivity (Wildman–Crippen MR) is 117 cm³/mol. The molecule has 1 aliphatic heterocycles. The lowest BCUT2D eigenvalue weighted by atomic mass is 9.62. The molecule has 0 spiro atoms. The van der Waals surface area contributed by atoms with Gasteiger partial charge in [0.1, 0.15) is 18.1 Å². The van der Waals surface area contributed by atoms with E-state index in [-0.39, 0.29) is 29.8 Å². The Bertz CT molecular complexity index is 1150. The Balaban J connectivity index is 1.90. The minimum Gasteiger partial charge on any atom is -0.493 e. The molecule has 0 saturated heterocycles. The average Bonchev–Trinajstić information content (AvgIpc) is 3.11. The second-order valence-electron chi connectivity index (χ2n) is 8.62. The van der Waals surface area contributed by atoms with Crippen molar-refractivity contribution < 1.29 is 37.8 Å². The maximum Gasteiger partial charge on any atom is 0.338 e. The standard InChI is InChI=1S/C25H28O7/c1-14(2)22(25(24(27)28)10-5-11-25)32-20-17(8-9-19(29-3)21(20)30-4)15-6-7-18-16(12-15)13-31-23(18)26/h6-9,12,14,22H,5,10-11,13H2,1-4H3,(H,27,28)/i4D3. The molecular weight excluding hydrogens is 412 g/mol. The number of hydrogen-bond acceptors (Lipinski definition) is 6. The zero-order valence-electron chi connectivity index (χ0n) is 21.3. The molecule has 2 aromatic carbocycles. The van der Waals surface area contributed by atoms with Gasteiger partial charge in [-0.2, -0.15) is 0 Å². The molecular formula is C25H28O7. The molecule has 0 radical (unpaired) electrons. The summed E-state index contributed by atoms with van der Waals surface area (Å²) in [7, 11) is -1.43. The van der Waals surface area contributed by atoms with Crippen LogP contribution < -0.4 is 14.2 Å². The smallest absolute Gasteiger partial charge is 0.338 e. The van der Waals surface area contributed by atoms with E-state index in [0.29, 0.717) is 35.1 Å².